The van der Waals surface area contributed by atoms with Gasteiger partial charge in [0, 0.05) is 11.1 Å². The number of halogens is 1. The van der Waals surface area contributed by atoms with E-state index >= 15 is 0 Å². The van der Waals surface area contributed by atoms with Gasteiger partial charge in [0.05, 0.1) is 13.5 Å². The molecule has 1 saturated carbocycles. The van der Waals surface area contributed by atoms with Crippen LogP contribution >= 0.6 is 11.6 Å². The van der Waals surface area contributed by atoms with Gasteiger partial charge in [-0.25, -0.2) is 4.79 Å². The molecule has 2 rings (SSSR count). The Morgan fingerprint density at radius 1 is 1.23 bits per heavy atom. The first-order valence-corrected chi connectivity index (χ1v) is 9.14. The third-order valence-corrected chi connectivity index (χ3v) is 5.04. The number of ether oxygens (including phenoxy) is 1. The number of carbonyl (C=O) groups is 2. The van der Waals surface area contributed by atoms with Crippen LogP contribution < -0.4 is 10.1 Å². The summed E-state index contributed by atoms with van der Waals surface area (Å²) >= 11 is 6.19. The third kappa shape index (κ3) is 7.95. The molecule has 26 heavy (non-hydrogen) atoms. The SMILES string of the molecule is COc1ccc(CC(=O)NC2CCC(C(C)C)CC2)c(Cl)c1.O=C(O)O. The van der Waals surface area contributed by atoms with Crippen LogP contribution in [0, 0.1) is 11.8 Å². The lowest BCUT2D eigenvalue weighted by Crippen LogP contribution is -2.39. The Balaban J connectivity index is 0.000000765. The van der Waals surface area contributed by atoms with Crippen LogP contribution in [0.4, 0.5) is 4.79 Å². The van der Waals surface area contributed by atoms with Gasteiger partial charge in [-0.05, 0) is 55.2 Å². The first-order chi connectivity index (χ1) is 12.2. The second kappa shape index (κ2) is 10.9. The van der Waals surface area contributed by atoms with Gasteiger partial charge >= 0.3 is 6.16 Å². The molecule has 7 heteroatoms. The van der Waals surface area contributed by atoms with Crippen molar-refractivity contribution in [3.05, 3.63) is 28.8 Å². The van der Waals surface area contributed by atoms with E-state index in [1.165, 1.54) is 12.8 Å². The van der Waals surface area contributed by atoms with Crippen LogP contribution in [0.2, 0.25) is 5.02 Å². The highest BCUT2D eigenvalue weighted by Gasteiger charge is 2.24. The minimum Gasteiger partial charge on any atom is -0.497 e. The van der Waals surface area contributed by atoms with E-state index in [9.17, 15) is 4.79 Å². The van der Waals surface area contributed by atoms with Crippen molar-refractivity contribution in [1.82, 2.24) is 5.32 Å². The predicted molar refractivity (Wildman–Crippen MR) is 101 cm³/mol. The van der Waals surface area contributed by atoms with E-state index in [1.807, 2.05) is 12.1 Å². The van der Waals surface area contributed by atoms with E-state index in [2.05, 4.69) is 19.2 Å². The molecular formula is C19H28ClNO5. The summed E-state index contributed by atoms with van der Waals surface area (Å²) in [5.74, 6) is 2.32. The van der Waals surface area contributed by atoms with Gasteiger partial charge in [0.15, 0.2) is 0 Å². The zero-order chi connectivity index (χ0) is 19.7. The average molecular weight is 386 g/mol. The lowest BCUT2D eigenvalue weighted by atomic mass is 9.79. The van der Waals surface area contributed by atoms with Crippen LogP contribution in [-0.2, 0) is 11.2 Å². The second-order valence-corrected chi connectivity index (χ2v) is 7.25. The van der Waals surface area contributed by atoms with Gasteiger partial charge in [-0.3, -0.25) is 4.79 Å². The smallest absolute Gasteiger partial charge is 0.497 e. The highest BCUT2D eigenvalue weighted by atomic mass is 35.5. The fraction of sp³-hybridized carbons (Fsp3) is 0.579. The summed E-state index contributed by atoms with van der Waals surface area (Å²) in [6, 6.07) is 5.76. The fourth-order valence-corrected chi connectivity index (χ4v) is 3.42. The Labute approximate surface area is 159 Å². The summed E-state index contributed by atoms with van der Waals surface area (Å²) in [5, 5.41) is 17.7. The van der Waals surface area contributed by atoms with Gasteiger partial charge in [0.1, 0.15) is 5.75 Å². The lowest BCUT2D eigenvalue weighted by molar-refractivity contribution is -0.121. The number of benzene rings is 1. The van der Waals surface area contributed by atoms with Crippen molar-refractivity contribution < 1.29 is 24.5 Å². The van der Waals surface area contributed by atoms with E-state index in [1.54, 1.807) is 13.2 Å². The highest BCUT2D eigenvalue weighted by Crippen LogP contribution is 2.30. The van der Waals surface area contributed by atoms with Crippen molar-refractivity contribution >= 4 is 23.7 Å². The highest BCUT2D eigenvalue weighted by molar-refractivity contribution is 6.31. The van der Waals surface area contributed by atoms with Gasteiger partial charge in [-0.15, -0.1) is 0 Å². The summed E-state index contributed by atoms with van der Waals surface area (Å²) in [5.41, 5.74) is 0.843. The number of hydrogen-bond acceptors (Lipinski definition) is 3. The molecule has 0 aromatic heterocycles. The number of carboxylic acid groups (broad SMARTS) is 2. The molecule has 1 aliphatic carbocycles. The summed E-state index contributed by atoms with van der Waals surface area (Å²) in [6.07, 6.45) is 3.10. The van der Waals surface area contributed by atoms with Crippen molar-refractivity contribution in [2.24, 2.45) is 11.8 Å². The van der Waals surface area contributed by atoms with Gasteiger partial charge in [0.25, 0.3) is 0 Å². The summed E-state index contributed by atoms with van der Waals surface area (Å²) in [7, 11) is 1.60. The zero-order valence-electron chi connectivity index (χ0n) is 15.5. The van der Waals surface area contributed by atoms with Crippen molar-refractivity contribution in [1.29, 1.82) is 0 Å². The Kier molecular flexibility index (Phi) is 9.27. The maximum atomic E-state index is 12.2. The van der Waals surface area contributed by atoms with Crippen LogP contribution in [0.1, 0.15) is 45.1 Å². The monoisotopic (exact) mass is 385 g/mol. The van der Waals surface area contributed by atoms with Gasteiger partial charge in [-0.2, -0.15) is 0 Å². The summed E-state index contributed by atoms with van der Waals surface area (Å²) < 4.78 is 5.12. The molecular weight excluding hydrogens is 358 g/mol. The van der Waals surface area contributed by atoms with E-state index < -0.39 is 6.16 Å². The number of rotatable bonds is 5. The van der Waals surface area contributed by atoms with E-state index in [0.29, 0.717) is 23.2 Å². The molecule has 0 radical (unpaired) electrons. The minimum absolute atomic E-state index is 0.0556. The molecule has 1 aliphatic rings. The van der Waals surface area contributed by atoms with Crippen molar-refractivity contribution in [3.8, 4) is 5.75 Å². The molecule has 1 fully saturated rings. The molecule has 0 atom stereocenters. The van der Waals surface area contributed by atoms with Crippen molar-refractivity contribution in [2.45, 2.75) is 52.0 Å². The van der Waals surface area contributed by atoms with Crippen LogP contribution in [-0.4, -0.2) is 35.4 Å². The molecule has 146 valence electrons. The topological polar surface area (TPSA) is 95.9 Å². The molecule has 1 aromatic rings. The molecule has 1 amide bonds. The van der Waals surface area contributed by atoms with Gasteiger partial charge in [-0.1, -0.05) is 31.5 Å². The third-order valence-electron chi connectivity index (χ3n) is 4.69. The minimum atomic E-state index is -1.83. The first kappa shape index (κ1) is 22.1. The molecule has 3 N–H and O–H groups in total. The lowest BCUT2D eigenvalue weighted by Gasteiger charge is -2.31. The van der Waals surface area contributed by atoms with Gasteiger partial charge < -0.3 is 20.3 Å². The Morgan fingerprint density at radius 2 is 1.81 bits per heavy atom. The molecule has 6 nitrogen and oxygen atoms in total. The van der Waals surface area contributed by atoms with Crippen LogP contribution in [0.3, 0.4) is 0 Å². The maximum absolute atomic E-state index is 12.2. The largest absolute Gasteiger partial charge is 0.503 e. The van der Waals surface area contributed by atoms with E-state index in [4.69, 9.17) is 31.3 Å². The number of hydrogen-bond donors (Lipinski definition) is 3. The van der Waals surface area contributed by atoms with Gasteiger partial charge in [0.2, 0.25) is 5.91 Å². The fourth-order valence-electron chi connectivity index (χ4n) is 3.18. The molecule has 0 unspecified atom stereocenters. The zero-order valence-corrected chi connectivity index (χ0v) is 16.3. The van der Waals surface area contributed by atoms with Crippen LogP contribution in [0.5, 0.6) is 5.75 Å². The molecule has 0 aliphatic heterocycles. The van der Waals surface area contributed by atoms with E-state index in [-0.39, 0.29) is 5.91 Å². The van der Waals surface area contributed by atoms with E-state index in [0.717, 1.165) is 30.2 Å². The predicted octanol–water partition coefficient (Wildman–Crippen LogP) is 4.44. The number of amides is 1. The first-order valence-electron chi connectivity index (χ1n) is 8.76. The molecule has 1 aromatic carbocycles. The molecule has 0 bridgehead atoms. The quantitative estimate of drug-likeness (QED) is 0.696. The van der Waals surface area contributed by atoms with Crippen molar-refractivity contribution in [2.75, 3.05) is 7.11 Å². The molecule has 0 heterocycles. The number of methoxy groups -OCH3 is 1. The Morgan fingerprint density at radius 3 is 2.27 bits per heavy atom. The summed E-state index contributed by atoms with van der Waals surface area (Å²) in [6.45, 7) is 4.57. The second-order valence-electron chi connectivity index (χ2n) is 6.84. The maximum Gasteiger partial charge on any atom is 0.503 e. The average Bonchev–Trinajstić information content (AvgIpc) is 2.56. The molecule has 0 spiro atoms. The van der Waals surface area contributed by atoms with Crippen LogP contribution in [0.15, 0.2) is 18.2 Å². The van der Waals surface area contributed by atoms with Crippen molar-refractivity contribution in [3.63, 3.8) is 0 Å². The Hall–Kier alpha value is -1.95. The normalized spacial score (nSPS) is 19.3. The number of carbonyl (C=O) groups excluding carboxylic acids is 1. The summed E-state index contributed by atoms with van der Waals surface area (Å²) in [4.78, 5) is 20.8. The number of nitrogens with one attached hydrogen (secondary N) is 1. The Bertz CT molecular complexity index is 594. The standard InChI is InChI=1S/C18H26ClNO2.CH2O3/c1-12(2)13-4-7-15(8-5-13)20-18(21)10-14-6-9-16(22-3)11-17(14)19;2-1(3)4/h6,9,11-13,15H,4-5,7-8,10H2,1-3H3,(H,20,21);(H2,2,3,4). The molecule has 0 saturated heterocycles. The van der Waals surface area contributed by atoms with Crippen LogP contribution in [0.25, 0.3) is 0 Å².